The van der Waals surface area contributed by atoms with Crippen LogP contribution in [0.2, 0.25) is 0 Å². The van der Waals surface area contributed by atoms with Crippen molar-refractivity contribution in [2.45, 2.75) is 5.09 Å². The minimum atomic E-state index is -3.80. The van der Waals surface area contributed by atoms with Crippen molar-refractivity contribution in [3.05, 3.63) is 17.9 Å². The van der Waals surface area contributed by atoms with Crippen molar-refractivity contribution in [2.75, 3.05) is 27.3 Å². The van der Waals surface area contributed by atoms with Crippen molar-refractivity contribution in [1.82, 2.24) is 4.31 Å². The molecule has 17 heavy (non-hydrogen) atoms. The van der Waals surface area contributed by atoms with E-state index in [-0.39, 0.29) is 13.2 Å². The van der Waals surface area contributed by atoms with Gasteiger partial charge in [-0.25, -0.2) is 13.2 Å². The van der Waals surface area contributed by atoms with E-state index in [1.165, 1.54) is 14.2 Å². The van der Waals surface area contributed by atoms with E-state index in [0.717, 1.165) is 16.4 Å². The Hall–Kier alpha value is -1.38. The SMILES string of the molecule is COCCN(C)S(=O)(=O)c1ccc(C(=O)O)o1. The highest BCUT2D eigenvalue weighted by molar-refractivity contribution is 7.89. The van der Waals surface area contributed by atoms with Gasteiger partial charge in [0.2, 0.25) is 10.9 Å². The monoisotopic (exact) mass is 263 g/mol. The van der Waals surface area contributed by atoms with Gasteiger partial charge in [0.15, 0.2) is 0 Å². The number of carboxylic acid groups (broad SMARTS) is 1. The maximum Gasteiger partial charge on any atom is 0.371 e. The molecule has 0 spiro atoms. The quantitative estimate of drug-likeness (QED) is 0.789. The van der Waals surface area contributed by atoms with E-state index in [1.54, 1.807) is 0 Å². The van der Waals surface area contributed by atoms with Gasteiger partial charge in [-0.15, -0.1) is 0 Å². The Labute approximate surface area is 98.6 Å². The second kappa shape index (κ2) is 5.30. The number of nitrogens with zero attached hydrogens (tertiary/aromatic N) is 1. The van der Waals surface area contributed by atoms with E-state index in [1.807, 2.05) is 0 Å². The summed E-state index contributed by atoms with van der Waals surface area (Å²) in [6.07, 6.45) is 0. The van der Waals surface area contributed by atoms with Crippen LogP contribution in [0.3, 0.4) is 0 Å². The summed E-state index contributed by atoms with van der Waals surface area (Å²) < 4.78 is 34.2. The highest BCUT2D eigenvalue weighted by Crippen LogP contribution is 2.17. The number of rotatable bonds is 6. The first kappa shape index (κ1) is 13.7. The fraction of sp³-hybridized carbons (Fsp3) is 0.444. The van der Waals surface area contributed by atoms with E-state index in [0.29, 0.717) is 0 Å². The number of ether oxygens (including phenoxy) is 1. The van der Waals surface area contributed by atoms with Gasteiger partial charge < -0.3 is 14.3 Å². The first-order valence-corrected chi connectivity index (χ1v) is 6.12. The third-order valence-corrected chi connectivity index (χ3v) is 3.80. The first-order valence-electron chi connectivity index (χ1n) is 4.68. The lowest BCUT2D eigenvalue weighted by Crippen LogP contribution is -2.29. The summed E-state index contributed by atoms with van der Waals surface area (Å²) in [5.74, 6) is -1.73. The fourth-order valence-corrected chi connectivity index (χ4v) is 2.12. The van der Waals surface area contributed by atoms with Crippen molar-refractivity contribution >= 4 is 16.0 Å². The molecule has 0 aromatic carbocycles. The van der Waals surface area contributed by atoms with Crippen LogP contribution in [0.5, 0.6) is 0 Å². The third kappa shape index (κ3) is 3.05. The molecule has 7 nitrogen and oxygen atoms in total. The zero-order chi connectivity index (χ0) is 13.1. The number of hydrogen-bond acceptors (Lipinski definition) is 5. The Morgan fingerprint density at radius 1 is 1.53 bits per heavy atom. The smallest absolute Gasteiger partial charge is 0.371 e. The molecule has 1 aromatic rings. The first-order chi connectivity index (χ1) is 7.89. The Balaban J connectivity index is 2.92. The summed E-state index contributed by atoms with van der Waals surface area (Å²) in [6.45, 7) is 0.393. The van der Waals surface area contributed by atoms with Crippen LogP contribution in [0.1, 0.15) is 10.6 Å². The zero-order valence-corrected chi connectivity index (χ0v) is 10.2. The molecule has 1 rings (SSSR count). The van der Waals surface area contributed by atoms with Crippen molar-refractivity contribution < 1.29 is 27.5 Å². The van der Waals surface area contributed by atoms with Crippen molar-refractivity contribution in [1.29, 1.82) is 0 Å². The Morgan fingerprint density at radius 3 is 2.65 bits per heavy atom. The molecule has 8 heteroatoms. The molecule has 0 aliphatic heterocycles. The third-order valence-electron chi connectivity index (χ3n) is 2.07. The molecular weight excluding hydrogens is 250 g/mol. The van der Waals surface area contributed by atoms with E-state index in [4.69, 9.17) is 14.3 Å². The summed E-state index contributed by atoms with van der Waals surface area (Å²) >= 11 is 0. The molecule has 1 N–H and O–H groups in total. The lowest BCUT2D eigenvalue weighted by Gasteiger charge is -2.14. The number of methoxy groups -OCH3 is 1. The lowest BCUT2D eigenvalue weighted by molar-refractivity contribution is 0.0656. The molecule has 0 radical (unpaired) electrons. The van der Waals surface area contributed by atoms with Gasteiger partial charge in [0, 0.05) is 20.7 Å². The maximum absolute atomic E-state index is 11.9. The molecule has 0 aliphatic rings. The van der Waals surface area contributed by atoms with Crippen LogP contribution in [0.4, 0.5) is 0 Å². The topological polar surface area (TPSA) is 97.0 Å². The van der Waals surface area contributed by atoms with Crippen LogP contribution in [-0.4, -0.2) is 51.1 Å². The highest BCUT2D eigenvalue weighted by Gasteiger charge is 2.25. The number of carboxylic acids is 1. The standard InChI is InChI=1S/C9H13NO6S/c1-10(5-6-15-2)17(13,14)8-4-3-7(16-8)9(11)12/h3-4H,5-6H2,1-2H3,(H,11,12). The Morgan fingerprint density at radius 2 is 2.18 bits per heavy atom. The van der Waals surface area contributed by atoms with E-state index in [2.05, 4.69) is 0 Å². The van der Waals surface area contributed by atoms with Gasteiger partial charge in [-0.05, 0) is 12.1 Å². The van der Waals surface area contributed by atoms with Gasteiger partial charge in [0.05, 0.1) is 6.61 Å². The van der Waals surface area contributed by atoms with Crippen molar-refractivity contribution in [3.63, 3.8) is 0 Å². The Kier molecular flexibility index (Phi) is 4.27. The van der Waals surface area contributed by atoms with Crippen LogP contribution in [0.25, 0.3) is 0 Å². The van der Waals surface area contributed by atoms with E-state index >= 15 is 0 Å². The highest BCUT2D eigenvalue weighted by atomic mass is 32.2. The molecule has 1 heterocycles. The molecule has 0 atom stereocenters. The number of hydrogen-bond donors (Lipinski definition) is 1. The van der Waals surface area contributed by atoms with Gasteiger partial charge in [-0.1, -0.05) is 0 Å². The predicted molar refractivity (Wildman–Crippen MR) is 57.4 cm³/mol. The summed E-state index contributed by atoms with van der Waals surface area (Å²) in [5.41, 5.74) is 0. The molecule has 1 aromatic heterocycles. The van der Waals surface area contributed by atoms with Crippen LogP contribution in [-0.2, 0) is 14.8 Å². The fourth-order valence-electron chi connectivity index (χ4n) is 1.07. The van der Waals surface area contributed by atoms with Crippen LogP contribution < -0.4 is 0 Å². The lowest BCUT2D eigenvalue weighted by atomic mass is 10.5. The van der Waals surface area contributed by atoms with Gasteiger partial charge >= 0.3 is 5.97 Å². The molecule has 0 saturated heterocycles. The molecule has 0 saturated carbocycles. The molecule has 96 valence electrons. The van der Waals surface area contributed by atoms with Crippen LogP contribution in [0.15, 0.2) is 21.6 Å². The molecule has 0 unspecified atom stereocenters. The minimum Gasteiger partial charge on any atom is -0.475 e. The summed E-state index contributed by atoms with van der Waals surface area (Å²) in [5, 5.41) is 8.23. The summed E-state index contributed by atoms with van der Waals surface area (Å²) in [4.78, 5) is 10.6. The normalized spacial score (nSPS) is 11.9. The molecule has 0 bridgehead atoms. The Bertz CT molecular complexity index is 491. The van der Waals surface area contributed by atoms with Crippen molar-refractivity contribution in [2.24, 2.45) is 0 Å². The molecule has 0 amide bonds. The number of furan rings is 1. The molecule has 0 fully saturated rings. The summed E-state index contributed by atoms with van der Waals surface area (Å²) in [7, 11) is -0.988. The minimum absolute atomic E-state index is 0.155. The second-order valence-corrected chi connectivity index (χ2v) is 5.22. The average molecular weight is 263 g/mol. The number of sulfonamides is 1. The van der Waals surface area contributed by atoms with Gasteiger partial charge in [0.1, 0.15) is 0 Å². The van der Waals surface area contributed by atoms with Gasteiger partial charge in [0.25, 0.3) is 10.0 Å². The van der Waals surface area contributed by atoms with Crippen LogP contribution >= 0.6 is 0 Å². The molecular formula is C9H13NO6S. The van der Waals surface area contributed by atoms with E-state index in [9.17, 15) is 13.2 Å². The summed E-state index contributed by atoms with van der Waals surface area (Å²) in [6, 6.07) is 2.21. The second-order valence-electron chi connectivity index (χ2n) is 3.24. The van der Waals surface area contributed by atoms with Gasteiger partial charge in [-0.3, -0.25) is 0 Å². The predicted octanol–water partition coefficient (Wildman–Crippen LogP) is 0.245. The zero-order valence-electron chi connectivity index (χ0n) is 9.41. The number of aromatic carboxylic acids is 1. The van der Waals surface area contributed by atoms with Crippen molar-refractivity contribution in [3.8, 4) is 0 Å². The van der Waals surface area contributed by atoms with Gasteiger partial charge in [-0.2, -0.15) is 4.31 Å². The number of carbonyl (C=O) groups is 1. The molecule has 0 aliphatic carbocycles. The maximum atomic E-state index is 11.9. The van der Waals surface area contributed by atoms with E-state index < -0.39 is 26.8 Å². The average Bonchev–Trinajstić information content (AvgIpc) is 2.75. The van der Waals surface area contributed by atoms with Crippen LogP contribution in [0, 0.1) is 0 Å². The number of likely N-dealkylation sites (N-methyl/N-ethyl adjacent to an activating group) is 1. The largest absolute Gasteiger partial charge is 0.475 e.